The fourth-order valence-electron chi connectivity index (χ4n) is 4.89. The summed E-state index contributed by atoms with van der Waals surface area (Å²) in [5, 5.41) is 12.1. The molecule has 1 N–H and O–H groups in total. The van der Waals surface area contributed by atoms with Crippen molar-refractivity contribution in [3.63, 3.8) is 0 Å². The van der Waals surface area contributed by atoms with Crippen LogP contribution >= 0.6 is 0 Å². The minimum Gasteiger partial charge on any atom is -0.497 e. The van der Waals surface area contributed by atoms with Crippen molar-refractivity contribution in [3.8, 4) is 11.8 Å². The van der Waals surface area contributed by atoms with Crippen LogP contribution in [0.2, 0.25) is 0 Å². The molecule has 2 heterocycles. The molecule has 0 aliphatic carbocycles. The lowest BCUT2D eigenvalue weighted by atomic mass is 9.97. The van der Waals surface area contributed by atoms with Crippen LogP contribution in [0.5, 0.6) is 5.75 Å². The van der Waals surface area contributed by atoms with Gasteiger partial charge in [0.1, 0.15) is 5.75 Å². The highest BCUT2D eigenvalue weighted by Gasteiger charge is 2.33. The molecule has 1 atom stereocenters. The second-order valence-electron chi connectivity index (χ2n) is 9.09. The topological polar surface area (TPSA) is 103 Å². The molecule has 0 radical (unpaired) electrons. The van der Waals surface area contributed by atoms with Crippen molar-refractivity contribution >= 4 is 15.9 Å². The van der Waals surface area contributed by atoms with Crippen LogP contribution in [0.25, 0.3) is 0 Å². The molecule has 1 amide bonds. The van der Waals surface area contributed by atoms with E-state index in [4.69, 9.17) is 10.00 Å². The molecule has 2 aliphatic heterocycles. The van der Waals surface area contributed by atoms with Gasteiger partial charge in [0, 0.05) is 25.6 Å². The van der Waals surface area contributed by atoms with Gasteiger partial charge in [-0.15, -0.1) is 0 Å². The predicted octanol–water partition coefficient (Wildman–Crippen LogP) is 2.92. The van der Waals surface area contributed by atoms with Gasteiger partial charge in [0.15, 0.2) is 0 Å². The Labute approximate surface area is 207 Å². The third-order valence-electron chi connectivity index (χ3n) is 7.00. The third-order valence-corrected chi connectivity index (χ3v) is 8.91. The van der Waals surface area contributed by atoms with E-state index < -0.39 is 10.0 Å². The van der Waals surface area contributed by atoms with Crippen LogP contribution in [0.4, 0.5) is 0 Å². The number of hydrogen-bond acceptors (Lipinski definition) is 6. The highest BCUT2D eigenvalue weighted by Crippen LogP contribution is 2.28. The molecule has 2 saturated heterocycles. The Kier molecular flexibility index (Phi) is 8.06. The van der Waals surface area contributed by atoms with Crippen LogP contribution in [0.1, 0.15) is 42.9 Å². The van der Waals surface area contributed by atoms with Crippen molar-refractivity contribution in [1.29, 1.82) is 5.26 Å². The first-order valence-corrected chi connectivity index (χ1v) is 13.5. The van der Waals surface area contributed by atoms with Crippen molar-refractivity contribution in [3.05, 3.63) is 59.7 Å². The average Bonchev–Trinajstić information content (AvgIpc) is 3.44. The summed E-state index contributed by atoms with van der Waals surface area (Å²) in [5.74, 6) is 0.580. The van der Waals surface area contributed by atoms with Crippen molar-refractivity contribution in [2.75, 3.05) is 39.8 Å². The maximum Gasteiger partial charge on any atom is 0.243 e. The molecule has 1 unspecified atom stereocenters. The standard InChI is InChI=1S/C26H32N4O4S/c1-34-23-8-6-21(7-9-23)25(29-14-2-3-15-29)19-28-26(31)22-12-16-30(17-13-22)35(32,33)24-10-4-20(18-27)5-11-24/h4-11,22,25H,2-3,12-17,19H2,1H3,(H,28,31). The summed E-state index contributed by atoms with van der Waals surface area (Å²) in [6.45, 7) is 3.15. The number of ether oxygens (including phenoxy) is 1. The number of carbonyl (C=O) groups is 1. The summed E-state index contributed by atoms with van der Waals surface area (Å²) in [5.41, 5.74) is 1.57. The highest BCUT2D eigenvalue weighted by atomic mass is 32.2. The Morgan fingerprint density at radius 2 is 1.69 bits per heavy atom. The number of rotatable bonds is 8. The molecule has 8 nitrogen and oxygen atoms in total. The maximum atomic E-state index is 13.0. The van der Waals surface area contributed by atoms with E-state index in [9.17, 15) is 13.2 Å². The van der Waals surface area contributed by atoms with Crippen LogP contribution < -0.4 is 10.1 Å². The van der Waals surface area contributed by atoms with E-state index in [-0.39, 0.29) is 22.8 Å². The molecular formula is C26H32N4O4S. The highest BCUT2D eigenvalue weighted by molar-refractivity contribution is 7.89. The van der Waals surface area contributed by atoms with Crippen LogP contribution in [-0.2, 0) is 14.8 Å². The molecule has 0 aromatic heterocycles. The maximum absolute atomic E-state index is 13.0. The van der Waals surface area contributed by atoms with Gasteiger partial charge in [-0.2, -0.15) is 9.57 Å². The van der Waals surface area contributed by atoms with Gasteiger partial charge in [-0.1, -0.05) is 12.1 Å². The molecule has 2 fully saturated rings. The number of amides is 1. The number of nitrogens with one attached hydrogen (secondary N) is 1. The Morgan fingerprint density at radius 3 is 2.26 bits per heavy atom. The zero-order valence-corrected chi connectivity index (χ0v) is 20.8. The molecule has 0 saturated carbocycles. The first-order valence-electron chi connectivity index (χ1n) is 12.1. The minimum atomic E-state index is -3.64. The fraction of sp³-hybridized carbons (Fsp3) is 0.462. The first-order chi connectivity index (χ1) is 16.9. The Hall–Kier alpha value is -2.93. The zero-order valence-electron chi connectivity index (χ0n) is 20.0. The van der Waals surface area contributed by atoms with E-state index in [0.29, 0.717) is 38.0 Å². The second kappa shape index (κ2) is 11.2. The quantitative estimate of drug-likeness (QED) is 0.603. The molecule has 9 heteroatoms. The number of carbonyl (C=O) groups excluding carboxylic acids is 1. The van der Waals surface area contributed by atoms with Crippen molar-refractivity contribution in [2.24, 2.45) is 5.92 Å². The van der Waals surface area contributed by atoms with Gasteiger partial charge in [-0.25, -0.2) is 8.42 Å². The summed E-state index contributed by atoms with van der Waals surface area (Å²) in [6.07, 6.45) is 3.29. The van der Waals surface area contributed by atoms with E-state index in [0.717, 1.165) is 37.2 Å². The predicted molar refractivity (Wildman–Crippen MR) is 132 cm³/mol. The number of methoxy groups -OCH3 is 1. The fourth-order valence-corrected chi connectivity index (χ4v) is 6.36. The van der Waals surface area contributed by atoms with Gasteiger partial charge < -0.3 is 10.1 Å². The molecule has 0 spiro atoms. The zero-order chi connectivity index (χ0) is 24.8. The monoisotopic (exact) mass is 496 g/mol. The van der Waals surface area contributed by atoms with Gasteiger partial charge in [-0.05, 0) is 80.7 Å². The largest absolute Gasteiger partial charge is 0.497 e. The molecule has 35 heavy (non-hydrogen) atoms. The SMILES string of the molecule is COc1ccc(C(CNC(=O)C2CCN(S(=O)(=O)c3ccc(C#N)cc3)CC2)N2CCCC2)cc1. The van der Waals surface area contributed by atoms with Gasteiger partial charge in [0.2, 0.25) is 15.9 Å². The summed E-state index contributed by atoms with van der Waals surface area (Å²) in [4.78, 5) is 15.6. The summed E-state index contributed by atoms with van der Waals surface area (Å²) in [7, 11) is -1.99. The van der Waals surface area contributed by atoms with E-state index in [1.54, 1.807) is 7.11 Å². The molecule has 2 aromatic carbocycles. The Morgan fingerprint density at radius 1 is 1.06 bits per heavy atom. The van der Waals surface area contributed by atoms with E-state index >= 15 is 0 Å². The smallest absolute Gasteiger partial charge is 0.243 e. The van der Waals surface area contributed by atoms with Gasteiger partial charge in [0.25, 0.3) is 0 Å². The molecule has 0 bridgehead atoms. The molecule has 186 valence electrons. The number of piperidine rings is 1. The Bertz CT molecular complexity index is 1150. The molecule has 2 aliphatic rings. The van der Waals surface area contributed by atoms with Gasteiger partial charge in [0.05, 0.1) is 29.7 Å². The second-order valence-corrected chi connectivity index (χ2v) is 11.0. The molecule has 2 aromatic rings. The van der Waals surface area contributed by atoms with Crippen molar-refractivity contribution in [1.82, 2.24) is 14.5 Å². The number of sulfonamides is 1. The number of likely N-dealkylation sites (tertiary alicyclic amines) is 1. The van der Waals surface area contributed by atoms with Crippen LogP contribution in [0.3, 0.4) is 0 Å². The summed E-state index contributed by atoms with van der Waals surface area (Å²) < 4.78 is 32.6. The lowest BCUT2D eigenvalue weighted by Gasteiger charge is -2.32. The van der Waals surface area contributed by atoms with E-state index in [1.165, 1.54) is 28.6 Å². The lowest BCUT2D eigenvalue weighted by Crippen LogP contribution is -2.44. The average molecular weight is 497 g/mol. The van der Waals surface area contributed by atoms with Crippen LogP contribution in [0.15, 0.2) is 53.4 Å². The molecule has 4 rings (SSSR count). The summed E-state index contributed by atoms with van der Waals surface area (Å²) >= 11 is 0. The first kappa shape index (κ1) is 25.2. The number of nitriles is 1. The number of benzene rings is 2. The minimum absolute atomic E-state index is 0.0156. The lowest BCUT2D eigenvalue weighted by molar-refractivity contribution is -0.126. The van der Waals surface area contributed by atoms with E-state index in [2.05, 4.69) is 22.3 Å². The van der Waals surface area contributed by atoms with Crippen LogP contribution in [0, 0.1) is 17.2 Å². The van der Waals surface area contributed by atoms with Gasteiger partial charge in [-0.3, -0.25) is 9.69 Å². The van der Waals surface area contributed by atoms with Crippen LogP contribution in [-0.4, -0.2) is 63.4 Å². The van der Waals surface area contributed by atoms with Gasteiger partial charge >= 0.3 is 0 Å². The molecular weight excluding hydrogens is 464 g/mol. The number of hydrogen-bond donors (Lipinski definition) is 1. The van der Waals surface area contributed by atoms with E-state index in [1.807, 2.05) is 18.2 Å². The number of nitrogens with zero attached hydrogens (tertiary/aromatic N) is 3. The Balaban J connectivity index is 1.34. The van der Waals surface area contributed by atoms with Crippen molar-refractivity contribution < 1.29 is 17.9 Å². The summed E-state index contributed by atoms with van der Waals surface area (Å²) in [6, 6.07) is 16.0. The third kappa shape index (κ3) is 5.84. The normalized spacial score (nSPS) is 18.6. The van der Waals surface area contributed by atoms with Crippen molar-refractivity contribution in [2.45, 2.75) is 36.6 Å².